The van der Waals surface area contributed by atoms with Crippen LogP contribution in [0, 0.1) is 5.82 Å². The zero-order valence-electron chi connectivity index (χ0n) is 15.4. The van der Waals surface area contributed by atoms with Crippen LogP contribution in [0.15, 0.2) is 48.5 Å². The highest BCUT2D eigenvalue weighted by molar-refractivity contribution is 5.76. The predicted molar refractivity (Wildman–Crippen MR) is 102 cm³/mol. The quantitative estimate of drug-likeness (QED) is 0.807. The first-order valence-corrected chi connectivity index (χ1v) is 9.43. The lowest BCUT2D eigenvalue weighted by Crippen LogP contribution is -2.25. The van der Waals surface area contributed by atoms with Gasteiger partial charge in [-0.3, -0.25) is 9.69 Å². The van der Waals surface area contributed by atoms with Gasteiger partial charge < -0.3 is 5.32 Å². The van der Waals surface area contributed by atoms with Crippen LogP contribution in [-0.4, -0.2) is 23.9 Å². The Morgan fingerprint density at radius 3 is 2.42 bits per heavy atom. The van der Waals surface area contributed by atoms with Crippen LogP contribution >= 0.6 is 0 Å². The molecule has 0 bridgehead atoms. The van der Waals surface area contributed by atoms with Crippen molar-refractivity contribution in [3.8, 4) is 0 Å². The smallest absolute Gasteiger partial charge is 0.220 e. The van der Waals surface area contributed by atoms with Gasteiger partial charge in [0, 0.05) is 19.5 Å². The van der Waals surface area contributed by atoms with Crippen LogP contribution < -0.4 is 5.32 Å². The number of hydrogen-bond donors (Lipinski definition) is 1. The summed E-state index contributed by atoms with van der Waals surface area (Å²) in [4.78, 5) is 14.8. The molecule has 1 saturated heterocycles. The van der Waals surface area contributed by atoms with Crippen LogP contribution in [0.5, 0.6) is 0 Å². The normalized spacial score (nSPS) is 15.8. The summed E-state index contributed by atoms with van der Waals surface area (Å²) < 4.78 is 13.0. The molecule has 0 saturated carbocycles. The summed E-state index contributed by atoms with van der Waals surface area (Å²) in [5.74, 6) is -0.159. The largest absolute Gasteiger partial charge is 0.352 e. The van der Waals surface area contributed by atoms with E-state index in [0.717, 1.165) is 25.2 Å². The molecule has 1 fully saturated rings. The molecule has 1 atom stereocenters. The van der Waals surface area contributed by atoms with Crippen LogP contribution in [0.3, 0.4) is 0 Å². The monoisotopic (exact) mass is 354 g/mol. The molecule has 3 rings (SSSR count). The van der Waals surface area contributed by atoms with Crippen LogP contribution in [0.1, 0.15) is 48.8 Å². The van der Waals surface area contributed by atoms with E-state index in [2.05, 4.69) is 28.4 Å². The zero-order valence-corrected chi connectivity index (χ0v) is 15.4. The number of carbonyl (C=O) groups excluding carboxylic acids is 1. The van der Waals surface area contributed by atoms with Gasteiger partial charge in [-0.25, -0.2) is 4.39 Å². The third-order valence-electron chi connectivity index (χ3n) is 5.12. The van der Waals surface area contributed by atoms with Crippen LogP contribution in [0.2, 0.25) is 0 Å². The van der Waals surface area contributed by atoms with Crippen molar-refractivity contribution in [3.05, 3.63) is 71.0 Å². The Bertz CT molecular complexity index is 723. The molecular formula is C22H27FN2O. The van der Waals surface area contributed by atoms with Gasteiger partial charge in [0.05, 0.1) is 0 Å². The fraction of sp³-hybridized carbons (Fsp3) is 0.409. The van der Waals surface area contributed by atoms with E-state index in [-0.39, 0.29) is 17.6 Å². The lowest BCUT2D eigenvalue weighted by Gasteiger charge is -2.18. The molecular weight excluding hydrogens is 327 g/mol. The minimum absolute atomic E-state index is 0.0257. The molecule has 1 amide bonds. The van der Waals surface area contributed by atoms with Gasteiger partial charge in [-0.15, -0.1) is 0 Å². The summed E-state index contributed by atoms with van der Waals surface area (Å²) in [7, 11) is 0. The molecule has 1 unspecified atom stereocenters. The summed E-state index contributed by atoms with van der Waals surface area (Å²) >= 11 is 0. The van der Waals surface area contributed by atoms with Crippen molar-refractivity contribution in [3.63, 3.8) is 0 Å². The first-order chi connectivity index (χ1) is 12.6. The molecule has 1 N–H and O–H groups in total. The first-order valence-electron chi connectivity index (χ1n) is 9.43. The Balaban J connectivity index is 1.53. The predicted octanol–water partition coefficient (Wildman–Crippen LogP) is 4.23. The van der Waals surface area contributed by atoms with Crippen LogP contribution in [0.4, 0.5) is 4.39 Å². The van der Waals surface area contributed by atoms with E-state index in [1.54, 1.807) is 12.1 Å². The third-order valence-corrected chi connectivity index (χ3v) is 5.12. The Morgan fingerprint density at radius 1 is 1.08 bits per heavy atom. The average molecular weight is 354 g/mol. The standard InChI is InChI=1S/C22H27FN2O/c1-17(18-8-10-21(23)11-9-18)14-22(26)24-15-19-6-2-3-7-20(19)16-25-12-4-5-13-25/h2-3,6-11,17H,4-5,12-16H2,1H3,(H,24,26). The van der Waals surface area contributed by atoms with Crippen molar-refractivity contribution < 1.29 is 9.18 Å². The molecule has 0 radical (unpaired) electrons. The van der Waals surface area contributed by atoms with Crippen molar-refractivity contribution in [1.29, 1.82) is 0 Å². The molecule has 1 aliphatic heterocycles. The van der Waals surface area contributed by atoms with E-state index in [9.17, 15) is 9.18 Å². The fourth-order valence-corrected chi connectivity index (χ4v) is 3.52. The summed E-state index contributed by atoms with van der Waals surface area (Å²) in [5.41, 5.74) is 3.46. The highest BCUT2D eigenvalue weighted by atomic mass is 19.1. The van der Waals surface area contributed by atoms with Gasteiger partial charge in [0.25, 0.3) is 0 Å². The summed E-state index contributed by atoms with van der Waals surface area (Å²) in [6.45, 7) is 5.83. The molecule has 2 aromatic carbocycles. The Kier molecular flexibility index (Phi) is 6.40. The topological polar surface area (TPSA) is 32.3 Å². The molecule has 1 aliphatic rings. The number of nitrogens with one attached hydrogen (secondary N) is 1. The first kappa shape index (κ1) is 18.6. The lowest BCUT2D eigenvalue weighted by atomic mass is 9.97. The maximum atomic E-state index is 13.0. The number of likely N-dealkylation sites (tertiary alicyclic amines) is 1. The summed E-state index contributed by atoms with van der Waals surface area (Å²) in [6.07, 6.45) is 2.96. The van der Waals surface area contributed by atoms with Crippen LogP contribution in [-0.2, 0) is 17.9 Å². The molecule has 0 aliphatic carbocycles. The van der Waals surface area contributed by atoms with E-state index in [4.69, 9.17) is 0 Å². The second-order valence-corrected chi connectivity index (χ2v) is 7.19. The van der Waals surface area contributed by atoms with Gasteiger partial charge in [-0.1, -0.05) is 43.3 Å². The van der Waals surface area contributed by atoms with E-state index < -0.39 is 0 Å². The number of benzene rings is 2. The Labute approximate surface area is 155 Å². The van der Waals surface area contributed by atoms with Crippen molar-refractivity contribution >= 4 is 5.91 Å². The minimum atomic E-state index is -0.250. The molecule has 3 nitrogen and oxygen atoms in total. The number of carbonyl (C=O) groups is 1. The average Bonchev–Trinajstić information content (AvgIpc) is 3.14. The van der Waals surface area contributed by atoms with Crippen molar-refractivity contribution in [2.24, 2.45) is 0 Å². The van der Waals surface area contributed by atoms with Gasteiger partial charge in [0.2, 0.25) is 5.91 Å². The van der Waals surface area contributed by atoms with Crippen LogP contribution in [0.25, 0.3) is 0 Å². The molecule has 4 heteroatoms. The second-order valence-electron chi connectivity index (χ2n) is 7.19. The van der Waals surface area contributed by atoms with E-state index in [0.29, 0.717) is 13.0 Å². The minimum Gasteiger partial charge on any atom is -0.352 e. The number of hydrogen-bond acceptors (Lipinski definition) is 2. The molecule has 138 valence electrons. The Morgan fingerprint density at radius 2 is 1.73 bits per heavy atom. The van der Waals surface area contributed by atoms with E-state index in [1.165, 1.54) is 36.1 Å². The van der Waals surface area contributed by atoms with Gasteiger partial charge in [-0.05, 0) is 60.7 Å². The third kappa shape index (κ3) is 5.15. The summed E-state index contributed by atoms with van der Waals surface area (Å²) in [5, 5.41) is 3.04. The number of nitrogens with zero attached hydrogens (tertiary/aromatic N) is 1. The summed E-state index contributed by atoms with van der Waals surface area (Å²) in [6, 6.07) is 14.7. The highest BCUT2D eigenvalue weighted by Crippen LogP contribution is 2.20. The fourth-order valence-electron chi connectivity index (χ4n) is 3.52. The molecule has 0 aromatic heterocycles. The van der Waals surface area contributed by atoms with Gasteiger partial charge in [-0.2, -0.15) is 0 Å². The Hall–Kier alpha value is -2.20. The molecule has 2 aromatic rings. The molecule has 26 heavy (non-hydrogen) atoms. The highest BCUT2D eigenvalue weighted by Gasteiger charge is 2.15. The number of rotatable bonds is 7. The zero-order chi connectivity index (χ0) is 18.4. The van der Waals surface area contributed by atoms with Gasteiger partial charge >= 0.3 is 0 Å². The van der Waals surface area contributed by atoms with E-state index >= 15 is 0 Å². The van der Waals surface area contributed by atoms with Crippen molar-refractivity contribution in [1.82, 2.24) is 10.2 Å². The van der Waals surface area contributed by atoms with E-state index in [1.807, 2.05) is 13.0 Å². The number of amides is 1. The molecule has 0 spiro atoms. The maximum absolute atomic E-state index is 13.0. The SMILES string of the molecule is CC(CC(=O)NCc1ccccc1CN1CCCC1)c1ccc(F)cc1. The maximum Gasteiger partial charge on any atom is 0.220 e. The van der Waals surface area contributed by atoms with Gasteiger partial charge in [0.15, 0.2) is 0 Å². The second kappa shape index (κ2) is 8.95. The van der Waals surface area contributed by atoms with Crippen molar-refractivity contribution in [2.75, 3.05) is 13.1 Å². The lowest BCUT2D eigenvalue weighted by molar-refractivity contribution is -0.121. The van der Waals surface area contributed by atoms with Crippen molar-refractivity contribution in [2.45, 2.75) is 45.2 Å². The number of halogens is 1. The van der Waals surface area contributed by atoms with Gasteiger partial charge in [0.1, 0.15) is 5.82 Å². The molecule has 1 heterocycles.